The first-order chi connectivity index (χ1) is 9.35. The van der Waals surface area contributed by atoms with Crippen molar-refractivity contribution in [2.24, 2.45) is 5.84 Å². The smallest absolute Gasteiger partial charge is 0.312 e. The molecule has 1 aromatic carbocycles. The van der Waals surface area contributed by atoms with Crippen molar-refractivity contribution in [3.05, 3.63) is 32.3 Å². The number of nitrogens with one attached hydrogen (secondary N) is 1. The van der Waals surface area contributed by atoms with E-state index in [2.05, 4.69) is 0 Å². The third-order valence-electron chi connectivity index (χ3n) is 2.47. The summed E-state index contributed by atoms with van der Waals surface area (Å²) in [5.74, 6) is 4.61. The lowest BCUT2D eigenvalue weighted by Gasteiger charge is -2.14. The molecule has 110 valence electrons. The minimum atomic E-state index is -0.614. The lowest BCUT2D eigenvalue weighted by Crippen LogP contribution is -2.30. The number of benzene rings is 1. The van der Waals surface area contributed by atoms with Crippen LogP contribution in [0.2, 0.25) is 10.0 Å². The molecule has 0 bridgehead atoms. The Kier molecular flexibility index (Phi) is 6.00. The molecule has 0 radical (unpaired) electrons. The number of nitro benzene ring substituents is 1. The van der Waals surface area contributed by atoms with E-state index in [1.165, 1.54) is 6.07 Å². The number of hydrogen-bond donors (Lipinski definition) is 2. The average molecular weight is 322 g/mol. The van der Waals surface area contributed by atoms with Gasteiger partial charge in [0, 0.05) is 18.6 Å². The van der Waals surface area contributed by atoms with Crippen LogP contribution in [0.4, 0.5) is 5.69 Å². The van der Waals surface area contributed by atoms with E-state index >= 15 is 0 Å². The molecule has 1 atom stereocenters. The summed E-state index contributed by atoms with van der Waals surface area (Å²) in [6.07, 6.45) is 0.0657. The number of ether oxygens (including phenoxy) is 1. The summed E-state index contributed by atoms with van der Waals surface area (Å²) in [4.78, 5) is 21.3. The van der Waals surface area contributed by atoms with Crippen molar-refractivity contribution < 1.29 is 14.5 Å². The summed E-state index contributed by atoms with van der Waals surface area (Å²) in [7, 11) is 0. The van der Waals surface area contributed by atoms with E-state index in [4.69, 9.17) is 33.8 Å². The fraction of sp³-hybridized carbons (Fsp3) is 0.364. The molecule has 20 heavy (non-hydrogen) atoms. The Morgan fingerprint density at radius 1 is 1.50 bits per heavy atom. The van der Waals surface area contributed by atoms with Crippen LogP contribution in [0.5, 0.6) is 5.75 Å². The Hall–Kier alpha value is -1.57. The molecular formula is C11H13Cl2N3O4. The Labute approximate surface area is 125 Å². The predicted molar refractivity (Wildman–Crippen MR) is 74.8 cm³/mol. The van der Waals surface area contributed by atoms with Crippen molar-refractivity contribution >= 4 is 34.8 Å². The Bertz CT molecular complexity index is 525. The summed E-state index contributed by atoms with van der Waals surface area (Å²) in [6.45, 7) is 1.68. The zero-order valence-electron chi connectivity index (χ0n) is 10.6. The van der Waals surface area contributed by atoms with Crippen LogP contribution >= 0.6 is 23.2 Å². The maximum absolute atomic E-state index is 11.0. The molecule has 1 rings (SSSR count). The molecule has 1 amide bonds. The first-order valence-corrected chi connectivity index (χ1v) is 6.40. The maximum Gasteiger partial charge on any atom is 0.312 e. The quantitative estimate of drug-likeness (QED) is 0.362. The van der Waals surface area contributed by atoms with Crippen LogP contribution in [-0.2, 0) is 4.79 Å². The molecule has 0 aliphatic heterocycles. The highest BCUT2D eigenvalue weighted by Crippen LogP contribution is 2.36. The van der Waals surface area contributed by atoms with Gasteiger partial charge in [0.15, 0.2) is 5.75 Å². The molecule has 0 heterocycles. The van der Waals surface area contributed by atoms with Gasteiger partial charge in [-0.1, -0.05) is 23.2 Å². The average Bonchev–Trinajstić information content (AvgIpc) is 2.39. The maximum atomic E-state index is 11.0. The van der Waals surface area contributed by atoms with E-state index in [0.29, 0.717) is 6.42 Å². The second-order valence-electron chi connectivity index (χ2n) is 4.03. The highest BCUT2D eigenvalue weighted by atomic mass is 35.5. The summed E-state index contributed by atoms with van der Waals surface area (Å²) in [5.41, 5.74) is 1.71. The van der Waals surface area contributed by atoms with E-state index in [0.717, 1.165) is 6.07 Å². The molecule has 0 saturated heterocycles. The van der Waals surface area contributed by atoms with Crippen molar-refractivity contribution in [1.82, 2.24) is 5.43 Å². The number of hydrazine groups is 1. The molecule has 1 unspecified atom stereocenters. The van der Waals surface area contributed by atoms with Crippen LogP contribution in [0, 0.1) is 10.1 Å². The number of rotatable bonds is 6. The SMILES string of the molecule is CC(CCC(=O)NN)Oc1cc(Cl)c(Cl)cc1[N+](=O)[O-]. The van der Waals surface area contributed by atoms with E-state index in [1.807, 2.05) is 5.43 Å². The molecule has 0 aliphatic rings. The van der Waals surface area contributed by atoms with E-state index < -0.39 is 11.0 Å². The molecule has 0 aliphatic carbocycles. The van der Waals surface area contributed by atoms with Gasteiger partial charge in [0.25, 0.3) is 0 Å². The Morgan fingerprint density at radius 3 is 2.65 bits per heavy atom. The van der Waals surface area contributed by atoms with Gasteiger partial charge in [-0.15, -0.1) is 0 Å². The fourth-order valence-electron chi connectivity index (χ4n) is 1.44. The molecule has 0 spiro atoms. The third-order valence-corrected chi connectivity index (χ3v) is 3.19. The molecular weight excluding hydrogens is 309 g/mol. The van der Waals surface area contributed by atoms with Gasteiger partial charge in [-0.2, -0.15) is 0 Å². The number of nitrogens with zero attached hydrogens (tertiary/aromatic N) is 1. The second kappa shape index (κ2) is 7.28. The fourth-order valence-corrected chi connectivity index (χ4v) is 1.75. The predicted octanol–water partition coefficient (Wildman–Crippen LogP) is 2.44. The third kappa shape index (κ3) is 4.52. The molecule has 9 heteroatoms. The van der Waals surface area contributed by atoms with Crippen molar-refractivity contribution in [3.63, 3.8) is 0 Å². The highest BCUT2D eigenvalue weighted by molar-refractivity contribution is 6.42. The van der Waals surface area contributed by atoms with Crippen LogP contribution in [0.25, 0.3) is 0 Å². The van der Waals surface area contributed by atoms with Gasteiger partial charge in [0.05, 0.1) is 21.1 Å². The monoisotopic (exact) mass is 321 g/mol. The molecule has 0 aromatic heterocycles. The largest absolute Gasteiger partial charge is 0.484 e. The number of carbonyl (C=O) groups excluding carboxylic acids is 1. The zero-order chi connectivity index (χ0) is 15.3. The molecule has 0 saturated carbocycles. The highest BCUT2D eigenvalue weighted by Gasteiger charge is 2.20. The summed E-state index contributed by atoms with van der Waals surface area (Å²) >= 11 is 11.5. The first kappa shape index (κ1) is 16.5. The lowest BCUT2D eigenvalue weighted by atomic mass is 10.2. The lowest BCUT2D eigenvalue weighted by molar-refractivity contribution is -0.386. The van der Waals surface area contributed by atoms with E-state index in [1.54, 1.807) is 6.92 Å². The van der Waals surface area contributed by atoms with Crippen molar-refractivity contribution in [3.8, 4) is 5.75 Å². The van der Waals surface area contributed by atoms with Gasteiger partial charge in [-0.25, -0.2) is 5.84 Å². The van der Waals surface area contributed by atoms with Crippen molar-refractivity contribution in [2.45, 2.75) is 25.9 Å². The van der Waals surface area contributed by atoms with Crippen molar-refractivity contribution in [2.75, 3.05) is 0 Å². The van der Waals surface area contributed by atoms with Gasteiger partial charge in [-0.05, 0) is 13.3 Å². The Morgan fingerprint density at radius 2 is 2.10 bits per heavy atom. The molecule has 1 aromatic rings. The second-order valence-corrected chi connectivity index (χ2v) is 4.84. The van der Waals surface area contributed by atoms with E-state index in [9.17, 15) is 14.9 Å². The minimum Gasteiger partial charge on any atom is -0.484 e. The standard InChI is InChI=1S/C11H13Cl2N3O4/c1-6(2-3-11(17)15-14)20-10-5-8(13)7(12)4-9(10)16(18)19/h4-6H,2-3,14H2,1H3,(H,15,17). The van der Waals surface area contributed by atoms with Crippen LogP contribution < -0.4 is 16.0 Å². The number of amides is 1. The zero-order valence-corrected chi connectivity index (χ0v) is 12.1. The summed E-state index contributed by atoms with van der Waals surface area (Å²) in [5, 5.41) is 11.1. The van der Waals surface area contributed by atoms with Gasteiger partial charge in [-0.3, -0.25) is 20.3 Å². The molecule has 7 nitrogen and oxygen atoms in total. The number of hydrogen-bond acceptors (Lipinski definition) is 5. The number of nitro groups is 1. The number of carbonyl (C=O) groups is 1. The normalized spacial score (nSPS) is 11.8. The van der Waals surface area contributed by atoms with Crippen molar-refractivity contribution in [1.29, 1.82) is 0 Å². The molecule has 3 N–H and O–H groups in total. The van der Waals surface area contributed by atoms with E-state index in [-0.39, 0.29) is 33.8 Å². The van der Waals surface area contributed by atoms with Crippen LogP contribution in [0.1, 0.15) is 19.8 Å². The first-order valence-electron chi connectivity index (χ1n) is 5.64. The van der Waals surface area contributed by atoms with Crippen LogP contribution in [0.3, 0.4) is 0 Å². The van der Waals surface area contributed by atoms with Gasteiger partial charge in [0.2, 0.25) is 5.91 Å². The summed E-state index contributed by atoms with van der Waals surface area (Å²) in [6, 6.07) is 2.40. The van der Waals surface area contributed by atoms with Crippen LogP contribution in [0.15, 0.2) is 12.1 Å². The van der Waals surface area contributed by atoms with Gasteiger partial charge >= 0.3 is 5.69 Å². The topological polar surface area (TPSA) is 107 Å². The Balaban J connectivity index is 2.83. The number of halogens is 2. The minimum absolute atomic E-state index is 0.00468. The van der Waals surface area contributed by atoms with Gasteiger partial charge < -0.3 is 4.74 Å². The van der Waals surface area contributed by atoms with Gasteiger partial charge in [0.1, 0.15) is 0 Å². The number of nitrogens with two attached hydrogens (primary N) is 1. The summed E-state index contributed by atoms with van der Waals surface area (Å²) < 4.78 is 5.43. The molecule has 0 fully saturated rings. The van der Waals surface area contributed by atoms with Crippen LogP contribution in [-0.4, -0.2) is 16.9 Å².